The Balaban J connectivity index is 1.44. The van der Waals surface area contributed by atoms with Crippen LogP contribution in [-0.4, -0.2) is 108 Å². The molecule has 12 nitrogen and oxygen atoms in total. The number of amides is 2. The molecule has 0 saturated carbocycles. The highest BCUT2D eigenvalue weighted by Gasteiger charge is 2.32. The smallest absolute Gasteiger partial charge is 0.265 e. The second kappa shape index (κ2) is 13.0. The van der Waals surface area contributed by atoms with Gasteiger partial charge in [-0.15, -0.1) is 0 Å². The fourth-order valence-corrected chi connectivity index (χ4v) is 6.63. The Bertz CT molecular complexity index is 1370. The maximum absolute atomic E-state index is 13.3. The molecule has 2 aliphatic rings. The lowest BCUT2D eigenvalue weighted by atomic mass is 10.1. The number of carbonyl (C=O) groups is 2. The highest BCUT2D eigenvalue weighted by atomic mass is 32.2. The number of nitrogens with zero attached hydrogens (tertiary/aromatic N) is 4. The van der Waals surface area contributed by atoms with E-state index in [-0.39, 0.29) is 29.6 Å². The average Bonchev–Trinajstić information content (AvgIpc) is 2.98. The van der Waals surface area contributed by atoms with Gasteiger partial charge in [0.1, 0.15) is 12.3 Å². The number of sulfonamides is 1. The first-order valence-corrected chi connectivity index (χ1v) is 15.0. The van der Waals surface area contributed by atoms with Crippen LogP contribution in [0.2, 0.25) is 0 Å². The molecule has 2 aliphatic heterocycles. The zero-order valence-electron chi connectivity index (χ0n) is 24.2. The number of methoxy groups -OCH3 is 3. The molecule has 41 heavy (non-hydrogen) atoms. The molecule has 0 spiro atoms. The van der Waals surface area contributed by atoms with Gasteiger partial charge in [-0.05, 0) is 24.3 Å². The highest BCUT2D eigenvalue weighted by molar-refractivity contribution is 7.89. The lowest BCUT2D eigenvalue weighted by Crippen LogP contribution is -2.52. The lowest BCUT2D eigenvalue weighted by molar-refractivity contribution is -0.133. The minimum absolute atomic E-state index is 0.0508. The van der Waals surface area contributed by atoms with Crippen molar-refractivity contribution in [3.05, 3.63) is 35.9 Å². The molecule has 4 rings (SSSR count). The number of hydrogen-bond donors (Lipinski definition) is 0. The van der Waals surface area contributed by atoms with Gasteiger partial charge in [-0.3, -0.25) is 19.4 Å². The summed E-state index contributed by atoms with van der Waals surface area (Å²) in [6.45, 7) is 6.57. The summed E-state index contributed by atoms with van der Waals surface area (Å²) >= 11 is 0. The van der Waals surface area contributed by atoms with Crippen molar-refractivity contribution in [3.63, 3.8) is 0 Å². The fraction of sp³-hybridized carbons (Fsp3) is 0.500. The van der Waals surface area contributed by atoms with Gasteiger partial charge in [0.2, 0.25) is 21.7 Å². The molecule has 0 unspecified atom stereocenters. The molecule has 2 aromatic carbocycles. The molecular weight excluding hydrogens is 552 g/mol. The minimum atomic E-state index is -3.75. The second-order valence-electron chi connectivity index (χ2n) is 9.64. The van der Waals surface area contributed by atoms with Crippen LogP contribution in [0.1, 0.15) is 19.4 Å². The number of benzene rings is 2. The van der Waals surface area contributed by atoms with Gasteiger partial charge in [0.05, 0.1) is 31.9 Å². The van der Waals surface area contributed by atoms with Crippen molar-refractivity contribution in [2.75, 3.05) is 78.6 Å². The molecular formula is C28H38N4O8S. The lowest BCUT2D eigenvalue weighted by Gasteiger charge is -2.37. The first-order chi connectivity index (χ1) is 19.7. The highest BCUT2D eigenvalue weighted by Crippen LogP contribution is 2.40. The molecule has 1 saturated heterocycles. The Morgan fingerprint density at radius 3 is 2.24 bits per heavy atom. The van der Waals surface area contributed by atoms with Gasteiger partial charge in [0.15, 0.2) is 18.1 Å². The van der Waals surface area contributed by atoms with Gasteiger partial charge in [-0.2, -0.15) is 4.31 Å². The summed E-state index contributed by atoms with van der Waals surface area (Å²) in [7, 11) is 0.972. The van der Waals surface area contributed by atoms with E-state index in [1.807, 2.05) is 12.1 Å². The van der Waals surface area contributed by atoms with Crippen LogP contribution in [-0.2, 0) is 26.2 Å². The van der Waals surface area contributed by atoms with E-state index in [1.54, 1.807) is 40.1 Å². The normalized spacial score (nSPS) is 15.9. The average molecular weight is 591 g/mol. The number of anilines is 1. The summed E-state index contributed by atoms with van der Waals surface area (Å²) < 4.78 is 49.5. The molecule has 0 atom stereocenters. The number of piperazine rings is 1. The third-order valence-corrected chi connectivity index (χ3v) is 9.46. The second-order valence-corrected chi connectivity index (χ2v) is 11.6. The molecule has 2 aromatic rings. The van der Waals surface area contributed by atoms with Crippen molar-refractivity contribution in [1.29, 1.82) is 0 Å². The van der Waals surface area contributed by atoms with Gasteiger partial charge in [-0.1, -0.05) is 19.9 Å². The van der Waals surface area contributed by atoms with Crippen LogP contribution in [0.5, 0.6) is 23.0 Å². The van der Waals surface area contributed by atoms with Crippen LogP contribution in [0.15, 0.2) is 35.2 Å². The van der Waals surface area contributed by atoms with Crippen molar-refractivity contribution >= 4 is 27.5 Å². The van der Waals surface area contributed by atoms with Crippen molar-refractivity contribution in [1.82, 2.24) is 14.1 Å². The van der Waals surface area contributed by atoms with Crippen LogP contribution < -0.4 is 23.8 Å². The number of fused-ring (bicyclic) bond motifs is 1. The molecule has 0 N–H and O–H groups in total. The summed E-state index contributed by atoms with van der Waals surface area (Å²) in [4.78, 5) is 31.5. The monoisotopic (exact) mass is 590 g/mol. The predicted octanol–water partition coefficient (Wildman–Crippen LogP) is 1.81. The summed E-state index contributed by atoms with van der Waals surface area (Å²) in [6, 6.07) is 8.20. The first kappa shape index (κ1) is 30.4. The molecule has 0 aliphatic carbocycles. The van der Waals surface area contributed by atoms with Crippen LogP contribution >= 0.6 is 0 Å². The van der Waals surface area contributed by atoms with Gasteiger partial charge < -0.3 is 23.8 Å². The van der Waals surface area contributed by atoms with E-state index in [0.717, 1.165) is 5.56 Å². The Morgan fingerprint density at radius 2 is 1.63 bits per heavy atom. The minimum Gasteiger partial charge on any atom is -0.493 e. The molecule has 2 heterocycles. The van der Waals surface area contributed by atoms with Gasteiger partial charge in [0, 0.05) is 51.4 Å². The van der Waals surface area contributed by atoms with E-state index in [2.05, 4.69) is 4.90 Å². The largest absolute Gasteiger partial charge is 0.493 e. The Labute approximate surface area is 241 Å². The zero-order chi connectivity index (χ0) is 29.7. The van der Waals surface area contributed by atoms with Crippen LogP contribution in [0, 0.1) is 0 Å². The van der Waals surface area contributed by atoms with Crippen molar-refractivity contribution in [3.8, 4) is 23.0 Å². The Kier molecular flexibility index (Phi) is 9.61. The van der Waals surface area contributed by atoms with Crippen LogP contribution in [0.25, 0.3) is 0 Å². The van der Waals surface area contributed by atoms with Gasteiger partial charge in [-0.25, -0.2) is 8.42 Å². The van der Waals surface area contributed by atoms with Crippen molar-refractivity contribution < 1.29 is 37.0 Å². The third kappa shape index (κ3) is 6.21. The van der Waals surface area contributed by atoms with Gasteiger partial charge >= 0.3 is 0 Å². The van der Waals surface area contributed by atoms with E-state index in [1.165, 1.54) is 27.4 Å². The van der Waals surface area contributed by atoms with Crippen LogP contribution in [0.3, 0.4) is 0 Å². The molecule has 0 aromatic heterocycles. The van der Waals surface area contributed by atoms with Gasteiger partial charge in [0.25, 0.3) is 5.91 Å². The third-order valence-electron chi connectivity index (χ3n) is 7.41. The van der Waals surface area contributed by atoms with E-state index >= 15 is 0 Å². The number of rotatable bonds is 11. The van der Waals surface area contributed by atoms with Crippen molar-refractivity contribution in [2.24, 2.45) is 0 Å². The molecule has 0 radical (unpaired) electrons. The summed E-state index contributed by atoms with van der Waals surface area (Å²) in [5, 5.41) is 0. The standard InChI is InChI=1S/C28H38N4O8S/c1-6-31(7-2)41(35,36)21-9-11-23-22(16-21)32(26(34)19-40-23)18-25(33)30-14-12-29(13-15-30)17-20-8-10-24(37-3)28(39-5)27(20)38-4/h8-11,16H,6-7,12-15,17-19H2,1-5H3. The maximum Gasteiger partial charge on any atom is 0.265 e. The maximum atomic E-state index is 13.3. The molecule has 13 heteroatoms. The summed E-state index contributed by atoms with van der Waals surface area (Å²) in [5.74, 6) is 1.47. The first-order valence-electron chi connectivity index (χ1n) is 13.5. The number of ether oxygens (including phenoxy) is 4. The number of carbonyl (C=O) groups excluding carboxylic acids is 2. The molecule has 2 amide bonds. The summed E-state index contributed by atoms with van der Waals surface area (Å²) in [6.07, 6.45) is 0. The van der Waals surface area contributed by atoms with E-state index < -0.39 is 15.9 Å². The number of hydrogen-bond acceptors (Lipinski definition) is 9. The topological polar surface area (TPSA) is 118 Å². The summed E-state index contributed by atoms with van der Waals surface area (Å²) in [5.41, 5.74) is 1.22. The Hall–Kier alpha value is -3.55. The quantitative estimate of drug-likeness (QED) is 0.386. The SMILES string of the molecule is CCN(CC)S(=O)(=O)c1ccc2c(c1)N(CC(=O)N1CCN(Cc3ccc(OC)c(OC)c3OC)CC1)C(=O)CO2. The molecule has 1 fully saturated rings. The predicted molar refractivity (Wildman–Crippen MR) is 152 cm³/mol. The van der Waals surface area contributed by atoms with Crippen LogP contribution in [0.4, 0.5) is 5.69 Å². The van der Waals surface area contributed by atoms with E-state index in [0.29, 0.717) is 68.8 Å². The van der Waals surface area contributed by atoms with Crippen molar-refractivity contribution in [2.45, 2.75) is 25.3 Å². The molecule has 0 bridgehead atoms. The Morgan fingerprint density at radius 1 is 0.951 bits per heavy atom. The zero-order valence-corrected chi connectivity index (χ0v) is 25.0. The molecule has 224 valence electrons. The van der Waals surface area contributed by atoms with E-state index in [9.17, 15) is 18.0 Å². The van der Waals surface area contributed by atoms with E-state index in [4.69, 9.17) is 18.9 Å². The fourth-order valence-electron chi connectivity index (χ4n) is 5.15.